The van der Waals surface area contributed by atoms with Crippen LogP contribution in [0.1, 0.15) is 15.9 Å². The van der Waals surface area contributed by atoms with Crippen molar-refractivity contribution in [2.75, 3.05) is 0 Å². The van der Waals surface area contributed by atoms with Gasteiger partial charge in [0, 0.05) is 0 Å². The van der Waals surface area contributed by atoms with Gasteiger partial charge in [-0.25, -0.2) is 4.79 Å². The largest absolute Gasteiger partial charge is 0.457 e. The van der Waals surface area contributed by atoms with Gasteiger partial charge in [-0.2, -0.15) is 0 Å². The first kappa shape index (κ1) is 10.4. The van der Waals surface area contributed by atoms with E-state index in [1.165, 1.54) is 0 Å². The standard InChI is InChI=1S/C14H12O2/c15-14(13-9-5-2-6-10-13)16-11-12-7-3-1-4-8-12/h1-10H,11H2/i14+1,16+2. The Hall–Kier alpha value is -2.09. The summed E-state index contributed by atoms with van der Waals surface area (Å²) in [6.45, 7) is 0.314. The smallest absolute Gasteiger partial charge is 0.338 e. The third-order valence-corrected chi connectivity index (χ3v) is 2.22. The van der Waals surface area contributed by atoms with Gasteiger partial charge in [-0.1, -0.05) is 48.5 Å². The van der Waals surface area contributed by atoms with Crippen molar-refractivity contribution in [1.29, 1.82) is 0 Å². The van der Waals surface area contributed by atoms with E-state index in [0.29, 0.717) is 12.2 Å². The second kappa shape index (κ2) is 5.12. The number of rotatable bonds is 3. The van der Waals surface area contributed by atoms with Crippen molar-refractivity contribution in [1.82, 2.24) is 0 Å². The van der Waals surface area contributed by atoms with Gasteiger partial charge in [0.15, 0.2) is 0 Å². The summed E-state index contributed by atoms with van der Waals surface area (Å²) in [6, 6.07) is 18.6. The molecule has 0 aliphatic carbocycles. The molecule has 0 saturated heterocycles. The number of esters is 1. The minimum absolute atomic E-state index is 0.288. The van der Waals surface area contributed by atoms with Gasteiger partial charge in [0.05, 0.1) is 5.56 Å². The molecule has 0 radical (unpaired) electrons. The second-order valence-electron chi connectivity index (χ2n) is 3.43. The molecule has 0 heterocycles. The lowest BCUT2D eigenvalue weighted by Gasteiger charge is -2.04. The Balaban J connectivity index is 1.95. The highest BCUT2D eigenvalue weighted by Crippen LogP contribution is 2.05. The number of ether oxygens (including phenoxy) is 1. The first-order valence-corrected chi connectivity index (χ1v) is 5.12. The van der Waals surface area contributed by atoms with Gasteiger partial charge in [-0.15, -0.1) is 0 Å². The van der Waals surface area contributed by atoms with Crippen LogP contribution in [0.3, 0.4) is 0 Å². The third-order valence-electron chi connectivity index (χ3n) is 2.22. The van der Waals surface area contributed by atoms with Gasteiger partial charge < -0.3 is 4.74 Å². The Bertz CT molecular complexity index is 449. The van der Waals surface area contributed by atoms with Gasteiger partial charge >= 0.3 is 5.97 Å². The lowest BCUT2D eigenvalue weighted by molar-refractivity contribution is 0.0472. The highest BCUT2D eigenvalue weighted by molar-refractivity contribution is 5.89. The zero-order valence-corrected chi connectivity index (χ0v) is 8.80. The molecule has 2 heteroatoms. The Morgan fingerprint density at radius 3 is 2.06 bits per heavy atom. The summed E-state index contributed by atoms with van der Waals surface area (Å²) < 4.78 is 5.18. The van der Waals surface area contributed by atoms with Crippen molar-refractivity contribution in [3.63, 3.8) is 0 Å². The summed E-state index contributed by atoms with van der Waals surface area (Å²) in [5, 5.41) is 0. The van der Waals surface area contributed by atoms with Crippen molar-refractivity contribution >= 4 is 5.97 Å². The third kappa shape index (κ3) is 2.70. The first-order chi connectivity index (χ1) is 7.86. The fraction of sp³-hybridized carbons (Fsp3) is 0.0714. The fourth-order valence-corrected chi connectivity index (χ4v) is 1.38. The maximum atomic E-state index is 11.6. The van der Waals surface area contributed by atoms with Gasteiger partial charge in [-0.05, 0) is 17.7 Å². The molecule has 0 atom stereocenters. The van der Waals surface area contributed by atoms with Crippen LogP contribution in [-0.4, -0.2) is 5.97 Å². The average molecular weight is 215 g/mol. The number of carbonyl (C=O) groups excluding carboxylic acids is 1. The van der Waals surface area contributed by atoms with Crippen LogP contribution in [0.2, 0.25) is 0 Å². The predicted molar refractivity (Wildman–Crippen MR) is 62.0 cm³/mol. The fourth-order valence-electron chi connectivity index (χ4n) is 1.38. The average Bonchev–Trinajstić information content (AvgIpc) is 2.38. The monoisotopic (exact) mass is 215 g/mol. The summed E-state index contributed by atoms with van der Waals surface area (Å²) in [5.74, 6) is -0.288. The zero-order valence-electron chi connectivity index (χ0n) is 8.80. The molecule has 80 valence electrons. The van der Waals surface area contributed by atoms with E-state index in [1.54, 1.807) is 12.1 Å². The number of hydrogen-bond donors (Lipinski definition) is 0. The quantitative estimate of drug-likeness (QED) is 0.447. The molecule has 2 rings (SSSR count). The molecule has 0 saturated carbocycles. The molecule has 0 N–H and O–H groups in total. The molecule has 0 spiro atoms. The summed E-state index contributed by atoms with van der Waals surface area (Å²) >= 11 is 0. The molecule has 2 aromatic rings. The molecular weight excluding hydrogens is 203 g/mol. The van der Waals surface area contributed by atoms with Crippen molar-refractivity contribution < 1.29 is 9.53 Å². The summed E-state index contributed by atoms with van der Waals surface area (Å²) in [5.41, 5.74) is 1.57. The van der Waals surface area contributed by atoms with E-state index in [-0.39, 0.29) is 5.97 Å². The normalized spacial score (nSPS) is 9.75. The lowest BCUT2D eigenvalue weighted by atomic mass is 10.2. The molecule has 2 nitrogen and oxygen atoms in total. The molecular formula is C14H12O2. The number of carbonyl (C=O) groups is 1. The van der Waals surface area contributed by atoms with E-state index in [1.807, 2.05) is 48.5 Å². The van der Waals surface area contributed by atoms with Gasteiger partial charge in [-0.3, -0.25) is 0 Å². The molecule has 0 bridgehead atoms. The lowest BCUT2D eigenvalue weighted by Crippen LogP contribution is -2.04. The minimum Gasteiger partial charge on any atom is -0.457 e. The zero-order chi connectivity index (χ0) is 11.2. The highest BCUT2D eigenvalue weighted by Gasteiger charge is 2.05. The Morgan fingerprint density at radius 1 is 0.875 bits per heavy atom. The minimum atomic E-state index is -0.288. The predicted octanol–water partition coefficient (Wildman–Crippen LogP) is 3.04. The van der Waals surface area contributed by atoms with Crippen molar-refractivity contribution in [3.05, 3.63) is 71.8 Å². The van der Waals surface area contributed by atoms with Crippen molar-refractivity contribution in [3.8, 4) is 0 Å². The molecule has 0 fully saturated rings. The Kier molecular flexibility index (Phi) is 3.34. The second-order valence-corrected chi connectivity index (χ2v) is 3.43. The van der Waals surface area contributed by atoms with E-state index in [2.05, 4.69) is 0 Å². The van der Waals surface area contributed by atoms with Crippen LogP contribution in [0.15, 0.2) is 60.7 Å². The molecule has 0 aliphatic rings. The molecule has 16 heavy (non-hydrogen) atoms. The van der Waals surface area contributed by atoms with E-state index in [9.17, 15) is 4.79 Å². The molecule has 0 aliphatic heterocycles. The van der Waals surface area contributed by atoms with Crippen LogP contribution in [0.5, 0.6) is 0 Å². The van der Waals surface area contributed by atoms with Crippen LogP contribution >= 0.6 is 0 Å². The Labute approximate surface area is 94.5 Å². The van der Waals surface area contributed by atoms with Gasteiger partial charge in [0.25, 0.3) is 0 Å². The summed E-state index contributed by atoms with van der Waals surface area (Å²) in [4.78, 5) is 11.6. The molecule has 2 aromatic carbocycles. The maximum Gasteiger partial charge on any atom is 0.338 e. The van der Waals surface area contributed by atoms with E-state index in [4.69, 9.17) is 4.74 Å². The SMILES string of the molecule is O=[13C]([18O]Cc1ccccc1)c1ccccc1. The molecule has 0 unspecified atom stereocenters. The van der Waals surface area contributed by atoms with E-state index >= 15 is 0 Å². The van der Waals surface area contributed by atoms with E-state index < -0.39 is 0 Å². The summed E-state index contributed by atoms with van der Waals surface area (Å²) in [6.07, 6.45) is 0. The van der Waals surface area contributed by atoms with Crippen molar-refractivity contribution in [2.24, 2.45) is 0 Å². The Morgan fingerprint density at radius 2 is 1.44 bits per heavy atom. The van der Waals surface area contributed by atoms with Crippen LogP contribution in [0.4, 0.5) is 0 Å². The van der Waals surface area contributed by atoms with Crippen LogP contribution in [0, 0.1) is 0 Å². The highest BCUT2D eigenvalue weighted by atomic mass is 18.4. The molecule has 0 aromatic heterocycles. The van der Waals surface area contributed by atoms with Crippen LogP contribution in [0.25, 0.3) is 0 Å². The van der Waals surface area contributed by atoms with Gasteiger partial charge in [0.2, 0.25) is 0 Å². The first-order valence-electron chi connectivity index (χ1n) is 5.12. The maximum absolute atomic E-state index is 11.6. The van der Waals surface area contributed by atoms with Crippen molar-refractivity contribution in [2.45, 2.75) is 6.61 Å². The van der Waals surface area contributed by atoms with Gasteiger partial charge in [0.1, 0.15) is 6.61 Å². The summed E-state index contributed by atoms with van der Waals surface area (Å²) in [7, 11) is 0. The van der Waals surface area contributed by atoms with Crippen LogP contribution in [-0.2, 0) is 11.3 Å². The number of benzene rings is 2. The number of hydrogen-bond acceptors (Lipinski definition) is 2. The molecule has 0 amide bonds. The van der Waals surface area contributed by atoms with Crippen LogP contribution < -0.4 is 0 Å². The topological polar surface area (TPSA) is 26.3 Å². The van der Waals surface area contributed by atoms with E-state index in [0.717, 1.165) is 5.56 Å².